The lowest BCUT2D eigenvalue weighted by Gasteiger charge is -2.24. The molecule has 0 saturated heterocycles. The van der Waals surface area contributed by atoms with Crippen molar-refractivity contribution in [2.24, 2.45) is 0 Å². The molecule has 0 saturated carbocycles. The summed E-state index contributed by atoms with van der Waals surface area (Å²) in [7, 11) is -4.26. The van der Waals surface area contributed by atoms with Gasteiger partial charge in [0.05, 0.1) is 23.8 Å². The van der Waals surface area contributed by atoms with Gasteiger partial charge in [0.15, 0.2) is 0 Å². The highest BCUT2D eigenvalue weighted by Crippen LogP contribution is 2.60. The monoisotopic (exact) mass is 385 g/mol. The quantitative estimate of drug-likeness (QED) is 0.239. The van der Waals surface area contributed by atoms with Crippen LogP contribution in [0.5, 0.6) is 11.8 Å². The molecule has 2 bridgehead atoms. The summed E-state index contributed by atoms with van der Waals surface area (Å²) in [5.74, 6) is -1.08. The maximum Gasteiger partial charge on any atom is 0.333 e. The average molecular weight is 385 g/mol. The van der Waals surface area contributed by atoms with Gasteiger partial charge in [0, 0.05) is 5.57 Å². The molecule has 0 amide bonds. The number of rotatable bonds is 7. The average Bonchev–Trinajstić information content (AvgIpc) is 3.18. The van der Waals surface area contributed by atoms with Crippen molar-refractivity contribution in [1.29, 1.82) is 0 Å². The second-order valence-electron chi connectivity index (χ2n) is 6.43. The Balaban J connectivity index is 1.84. The number of aromatic hydroxyl groups is 2. The first-order valence-corrected chi connectivity index (χ1v) is 9.74. The molecular formula is C16H20NO8P. The van der Waals surface area contributed by atoms with E-state index >= 15 is 0 Å². The van der Waals surface area contributed by atoms with Crippen LogP contribution in [-0.2, 0) is 31.0 Å². The lowest BCUT2D eigenvalue weighted by Crippen LogP contribution is -2.22. The van der Waals surface area contributed by atoms with Crippen molar-refractivity contribution in [3.8, 4) is 11.8 Å². The van der Waals surface area contributed by atoms with Gasteiger partial charge in [-0.3, -0.25) is 9.13 Å². The van der Waals surface area contributed by atoms with Crippen molar-refractivity contribution >= 4 is 13.6 Å². The van der Waals surface area contributed by atoms with Crippen LogP contribution in [0, 0.1) is 0 Å². The molecule has 2 aliphatic heterocycles. The third kappa shape index (κ3) is 3.07. The molecule has 0 radical (unpaired) electrons. The Morgan fingerprint density at radius 3 is 2.73 bits per heavy atom. The number of ether oxygens (including phenoxy) is 2. The van der Waals surface area contributed by atoms with Gasteiger partial charge in [-0.2, -0.15) is 0 Å². The van der Waals surface area contributed by atoms with Gasteiger partial charge >= 0.3 is 13.6 Å². The normalized spacial score (nSPS) is 23.3. The Labute approximate surface area is 149 Å². The zero-order valence-electron chi connectivity index (χ0n) is 14.1. The third-order valence-corrected chi connectivity index (χ3v) is 5.31. The molecule has 3 heterocycles. The minimum absolute atomic E-state index is 0.00494. The molecule has 1 aromatic heterocycles. The first kappa shape index (κ1) is 18.7. The molecule has 0 aromatic carbocycles. The van der Waals surface area contributed by atoms with Gasteiger partial charge in [-0.25, -0.2) is 4.79 Å². The van der Waals surface area contributed by atoms with E-state index in [0.717, 1.165) is 0 Å². The molecule has 2 unspecified atom stereocenters. The summed E-state index contributed by atoms with van der Waals surface area (Å²) in [6.07, 6.45) is 2.24. The second-order valence-corrected chi connectivity index (χ2v) is 8.21. The number of aromatic nitrogens is 1. The van der Waals surface area contributed by atoms with Gasteiger partial charge in [0.25, 0.3) is 0 Å². The van der Waals surface area contributed by atoms with Crippen LogP contribution in [0.15, 0.2) is 24.3 Å². The predicted molar refractivity (Wildman–Crippen MR) is 89.7 cm³/mol. The minimum Gasteiger partial charge on any atom is -0.494 e. The number of carbonyl (C=O) groups is 1. The molecule has 26 heavy (non-hydrogen) atoms. The molecule has 0 fully saturated rings. The van der Waals surface area contributed by atoms with Crippen molar-refractivity contribution in [2.45, 2.75) is 31.6 Å². The first-order chi connectivity index (χ1) is 12.1. The van der Waals surface area contributed by atoms with Crippen LogP contribution in [0.1, 0.15) is 30.6 Å². The van der Waals surface area contributed by atoms with Crippen LogP contribution in [0.25, 0.3) is 0 Å². The molecule has 4 N–H and O–H groups in total. The van der Waals surface area contributed by atoms with Crippen molar-refractivity contribution < 1.29 is 38.8 Å². The standard InChI is InChI=1S/C16H20NO8P/c1-9(2)15(20)24-7-6-17-13(18)11-10-3-4-16(25-10,12(11)14(17)19)5-8-26(21,22)23/h3-4,10,18-19H,1,5-8H2,2H3,(H2,21,22,23). The summed E-state index contributed by atoms with van der Waals surface area (Å²) in [6.45, 7) is 4.89. The van der Waals surface area contributed by atoms with E-state index in [1.165, 1.54) is 11.5 Å². The van der Waals surface area contributed by atoms with Gasteiger partial charge < -0.3 is 29.5 Å². The van der Waals surface area contributed by atoms with Gasteiger partial charge in [-0.05, 0) is 19.4 Å². The highest BCUT2D eigenvalue weighted by Gasteiger charge is 2.53. The summed E-state index contributed by atoms with van der Waals surface area (Å²) in [4.78, 5) is 29.7. The van der Waals surface area contributed by atoms with Crippen LogP contribution in [0.4, 0.5) is 0 Å². The lowest BCUT2D eigenvalue weighted by atomic mass is 9.88. The van der Waals surface area contributed by atoms with E-state index in [9.17, 15) is 19.6 Å². The molecule has 2 atom stereocenters. The maximum absolute atomic E-state index is 11.4. The van der Waals surface area contributed by atoms with E-state index in [1.54, 1.807) is 12.2 Å². The number of hydrogen-bond acceptors (Lipinski definition) is 6. The smallest absolute Gasteiger partial charge is 0.333 e. The topological polar surface area (TPSA) is 138 Å². The van der Waals surface area contributed by atoms with E-state index in [0.29, 0.717) is 11.1 Å². The van der Waals surface area contributed by atoms with Gasteiger partial charge in [-0.1, -0.05) is 12.7 Å². The zero-order chi connectivity index (χ0) is 19.3. The van der Waals surface area contributed by atoms with E-state index in [4.69, 9.17) is 19.3 Å². The van der Waals surface area contributed by atoms with Crippen LogP contribution >= 0.6 is 7.60 Å². The Hall–Kier alpha value is -2.06. The minimum atomic E-state index is -4.26. The van der Waals surface area contributed by atoms with Crippen LogP contribution < -0.4 is 0 Å². The fourth-order valence-electron chi connectivity index (χ4n) is 3.29. The van der Waals surface area contributed by atoms with Crippen LogP contribution in [0.2, 0.25) is 0 Å². The van der Waals surface area contributed by atoms with Crippen molar-refractivity contribution in [3.05, 3.63) is 35.4 Å². The summed E-state index contributed by atoms with van der Waals surface area (Å²) in [5, 5.41) is 21.0. The number of hydrogen-bond donors (Lipinski definition) is 4. The highest BCUT2D eigenvalue weighted by molar-refractivity contribution is 7.51. The summed E-state index contributed by atoms with van der Waals surface area (Å²) in [6, 6.07) is 0. The molecule has 10 heteroatoms. The van der Waals surface area contributed by atoms with E-state index in [1.807, 2.05) is 0 Å². The maximum atomic E-state index is 11.4. The van der Waals surface area contributed by atoms with Crippen molar-refractivity contribution in [3.63, 3.8) is 0 Å². The SMILES string of the molecule is C=C(C)C(=O)OCCn1c(O)c2c(c1O)C1(CCP(=O)(O)O)C=CC2O1. The number of carbonyl (C=O) groups excluding carboxylic acids is 1. The fraction of sp³-hybridized carbons (Fsp3) is 0.438. The van der Waals surface area contributed by atoms with Crippen LogP contribution in [0.3, 0.4) is 0 Å². The molecule has 0 aliphatic carbocycles. The predicted octanol–water partition coefficient (Wildman–Crippen LogP) is 1.42. The van der Waals surface area contributed by atoms with E-state index < -0.39 is 31.4 Å². The van der Waals surface area contributed by atoms with Crippen molar-refractivity contribution in [1.82, 2.24) is 4.57 Å². The van der Waals surface area contributed by atoms with Crippen molar-refractivity contribution in [2.75, 3.05) is 12.8 Å². The molecule has 9 nitrogen and oxygen atoms in total. The summed E-state index contributed by atoms with van der Waals surface area (Å²) >= 11 is 0. The largest absolute Gasteiger partial charge is 0.494 e. The highest BCUT2D eigenvalue weighted by atomic mass is 31.2. The molecule has 3 rings (SSSR count). The fourth-order valence-corrected chi connectivity index (χ4v) is 3.91. The second kappa shape index (κ2) is 6.28. The third-order valence-electron chi connectivity index (χ3n) is 4.50. The molecule has 0 spiro atoms. The number of nitrogens with zero attached hydrogens (tertiary/aromatic N) is 1. The molecule has 1 aromatic rings. The van der Waals surface area contributed by atoms with E-state index in [2.05, 4.69) is 6.58 Å². The Morgan fingerprint density at radius 2 is 2.12 bits per heavy atom. The zero-order valence-corrected chi connectivity index (χ0v) is 15.0. The number of esters is 1. The Bertz CT molecular complexity index is 851. The van der Waals surface area contributed by atoms with E-state index in [-0.39, 0.29) is 36.9 Å². The Kier molecular flexibility index (Phi) is 4.52. The first-order valence-electron chi connectivity index (χ1n) is 7.95. The summed E-state index contributed by atoms with van der Waals surface area (Å²) in [5.41, 5.74) is -0.299. The van der Waals surface area contributed by atoms with Gasteiger partial charge in [0.2, 0.25) is 11.8 Å². The van der Waals surface area contributed by atoms with Gasteiger partial charge in [0.1, 0.15) is 18.3 Å². The molecule has 142 valence electrons. The Morgan fingerprint density at radius 1 is 1.42 bits per heavy atom. The molecule has 2 aliphatic rings. The number of fused-ring (bicyclic) bond motifs is 5. The van der Waals surface area contributed by atoms with Gasteiger partial charge in [-0.15, -0.1) is 0 Å². The summed E-state index contributed by atoms with van der Waals surface area (Å²) < 4.78 is 23.2. The molecular weight excluding hydrogens is 365 g/mol. The lowest BCUT2D eigenvalue weighted by molar-refractivity contribution is -0.139. The van der Waals surface area contributed by atoms with Crippen LogP contribution in [-0.4, -0.2) is 43.3 Å².